The van der Waals surface area contributed by atoms with Crippen LogP contribution in [-0.4, -0.2) is 21.5 Å². The van der Waals surface area contributed by atoms with Crippen LogP contribution in [0.15, 0.2) is 53.0 Å². The Morgan fingerprint density at radius 2 is 1.76 bits per heavy atom. The quantitative estimate of drug-likeness (QED) is 0.590. The van der Waals surface area contributed by atoms with Gasteiger partial charge in [-0.15, -0.1) is 0 Å². The highest BCUT2D eigenvalue weighted by molar-refractivity contribution is 9.10. The van der Waals surface area contributed by atoms with Gasteiger partial charge in [0.05, 0.1) is 5.56 Å². The number of carbonyl (C=O) groups excluding carboxylic acids is 2. The molecule has 6 nitrogen and oxygen atoms in total. The van der Waals surface area contributed by atoms with Gasteiger partial charge in [0, 0.05) is 21.1 Å². The van der Waals surface area contributed by atoms with Gasteiger partial charge in [-0.05, 0) is 41.1 Å². The smallest absolute Gasteiger partial charge is 0.273 e. The Morgan fingerprint density at radius 3 is 2.52 bits per heavy atom. The van der Waals surface area contributed by atoms with Crippen molar-refractivity contribution in [3.8, 4) is 5.75 Å². The normalized spacial score (nSPS) is 10.6. The molecule has 3 aromatic rings. The summed E-state index contributed by atoms with van der Waals surface area (Å²) in [6.45, 7) is 1.97. The Morgan fingerprint density at radius 1 is 1.08 bits per heavy atom. The van der Waals surface area contributed by atoms with Crippen LogP contribution in [0.3, 0.4) is 0 Å². The topological polar surface area (TPSA) is 83.4 Å². The summed E-state index contributed by atoms with van der Waals surface area (Å²) >= 11 is 3.54. The first-order chi connectivity index (χ1) is 12.0. The average Bonchev–Trinajstić information content (AvgIpc) is 2.85. The van der Waals surface area contributed by atoms with E-state index in [4.69, 9.17) is 0 Å². The molecule has 0 aliphatic carbocycles. The van der Waals surface area contributed by atoms with Gasteiger partial charge >= 0.3 is 0 Å². The monoisotopic (exact) mass is 401 g/mol. The van der Waals surface area contributed by atoms with E-state index in [9.17, 15) is 14.7 Å². The number of hydrogen-bond donors (Lipinski definition) is 3. The maximum atomic E-state index is 12.2. The van der Waals surface area contributed by atoms with Crippen LogP contribution >= 0.6 is 15.9 Å². The second kappa shape index (κ2) is 6.98. The van der Waals surface area contributed by atoms with Crippen LogP contribution in [0.25, 0.3) is 10.9 Å². The minimum atomic E-state index is -0.582. The molecule has 0 saturated carbocycles. The van der Waals surface area contributed by atoms with E-state index in [1.165, 1.54) is 12.1 Å². The number of rotatable bonds is 3. The fraction of sp³-hybridized carbons (Fsp3) is 0.111. The molecule has 1 aromatic heterocycles. The molecule has 2 amide bonds. The highest BCUT2D eigenvalue weighted by atomic mass is 79.9. The van der Waals surface area contributed by atoms with E-state index in [1.807, 2.05) is 35.8 Å². The van der Waals surface area contributed by atoms with Crippen LogP contribution in [-0.2, 0) is 11.3 Å². The number of amides is 2. The van der Waals surface area contributed by atoms with Gasteiger partial charge in [0.2, 0.25) is 0 Å². The van der Waals surface area contributed by atoms with Gasteiger partial charge < -0.3 is 9.67 Å². The zero-order chi connectivity index (χ0) is 18.0. The largest absolute Gasteiger partial charge is 0.507 e. The number of nitrogens with one attached hydrogen (secondary N) is 2. The first kappa shape index (κ1) is 17.0. The number of aromatic hydroxyl groups is 1. The molecule has 0 radical (unpaired) electrons. The molecule has 128 valence electrons. The van der Waals surface area contributed by atoms with E-state index in [2.05, 4.69) is 26.8 Å². The molecule has 3 N–H and O–H groups in total. The molecule has 0 unspecified atom stereocenters. The van der Waals surface area contributed by atoms with Crippen LogP contribution in [0, 0.1) is 6.92 Å². The maximum absolute atomic E-state index is 12.2. The van der Waals surface area contributed by atoms with Crippen molar-refractivity contribution < 1.29 is 14.7 Å². The predicted molar refractivity (Wildman–Crippen MR) is 98.1 cm³/mol. The van der Waals surface area contributed by atoms with Gasteiger partial charge in [0.15, 0.2) is 0 Å². The van der Waals surface area contributed by atoms with Gasteiger partial charge in [-0.1, -0.05) is 30.3 Å². The van der Waals surface area contributed by atoms with Gasteiger partial charge in [-0.2, -0.15) is 0 Å². The maximum Gasteiger partial charge on any atom is 0.273 e. The summed E-state index contributed by atoms with van der Waals surface area (Å²) in [6, 6.07) is 13.9. The van der Waals surface area contributed by atoms with Crippen LogP contribution in [0.2, 0.25) is 0 Å². The summed E-state index contributed by atoms with van der Waals surface area (Å²) < 4.78 is 2.80. The fourth-order valence-corrected chi connectivity index (χ4v) is 3.18. The summed E-state index contributed by atoms with van der Waals surface area (Å²) in [5, 5.41) is 10.7. The molecule has 0 spiro atoms. The van der Waals surface area contributed by atoms with Gasteiger partial charge in [0.25, 0.3) is 11.8 Å². The second-order valence-electron chi connectivity index (χ2n) is 5.52. The molecule has 25 heavy (non-hydrogen) atoms. The number of fused-ring (bicyclic) bond motifs is 1. The third-order valence-corrected chi connectivity index (χ3v) is 4.92. The lowest BCUT2D eigenvalue weighted by Gasteiger charge is -2.11. The third-order valence-electron chi connectivity index (χ3n) is 3.92. The lowest BCUT2D eigenvalue weighted by atomic mass is 10.2. The molecule has 0 fully saturated rings. The number of aromatic nitrogens is 1. The number of benzene rings is 2. The molecule has 3 rings (SSSR count). The van der Waals surface area contributed by atoms with E-state index >= 15 is 0 Å². The van der Waals surface area contributed by atoms with Crippen LogP contribution in [0.1, 0.15) is 16.1 Å². The molecule has 0 aliphatic rings. The molecule has 1 heterocycles. The van der Waals surface area contributed by atoms with E-state index in [0.29, 0.717) is 0 Å². The average molecular weight is 402 g/mol. The van der Waals surface area contributed by atoms with Crippen molar-refractivity contribution in [3.63, 3.8) is 0 Å². The molecular weight excluding hydrogens is 386 g/mol. The predicted octanol–water partition coefficient (Wildman–Crippen LogP) is 2.88. The minimum Gasteiger partial charge on any atom is -0.507 e. The number of halogens is 1. The lowest BCUT2D eigenvalue weighted by molar-refractivity contribution is -0.122. The van der Waals surface area contributed by atoms with Crippen LogP contribution in [0.4, 0.5) is 0 Å². The van der Waals surface area contributed by atoms with E-state index < -0.39 is 5.91 Å². The van der Waals surface area contributed by atoms with Crippen LogP contribution in [0.5, 0.6) is 5.75 Å². The molecule has 0 atom stereocenters. The summed E-state index contributed by atoms with van der Waals surface area (Å²) in [5.41, 5.74) is 6.62. The Balaban J connectivity index is 1.71. The molecule has 2 aromatic carbocycles. The van der Waals surface area contributed by atoms with E-state index in [0.717, 1.165) is 21.1 Å². The summed E-state index contributed by atoms with van der Waals surface area (Å²) in [4.78, 5) is 24.2. The van der Waals surface area contributed by atoms with Gasteiger partial charge in [-0.25, -0.2) is 0 Å². The summed E-state index contributed by atoms with van der Waals surface area (Å²) in [6.07, 6.45) is 0. The lowest BCUT2D eigenvalue weighted by Crippen LogP contribution is -2.43. The Labute approximate surface area is 152 Å². The molecule has 0 bridgehead atoms. The second-order valence-corrected chi connectivity index (χ2v) is 6.32. The Bertz CT molecular complexity index is 965. The molecule has 0 saturated heterocycles. The van der Waals surface area contributed by atoms with Crippen molar-refractivity contribution >= 4 is 38.6 Å². The number of phenols is 1. The van der Waals surface area contributed by atoms with E-state index in [1.54, 1.807) is 12.1 Å². The first-order valence-corrected chi connectivity index (χ1v) is 8.39. The summed E-state index contributed by atoms with van der Waals surface area (Å²) in [7, 11) is 0. The number of hydrazine groups is 1. The van der Waals surface area contributed by atoms with Crippen molar-refractivity contribution in [2.24, 2.45) is 0 Å². The Kier molecular flexibility index (Phi) is 4.76. The molecule has 7 heteroatoms. The first-order valence-electron chi connectivity index (χ1n) is 7.59. The minimum absolute atomic E-state index is 0.0546. The zero-order valence-corrected chi connectivity index (χ0v) is 15.0. The third kappa shape index (κ3) is 3.36. The summed E-state index contributed by atoms with van der Waals surface area (Å²) in [5.74, 6) is -1.10. The van der Waals surface area contributed by atoms with Gasteiger partial charge in [-0.3, -0.25) is 20.4 Å². The van der Waals surface area contributed by atoms with Crippen molar-refractivity contribution in [3.05, 3.63) is 64.3 Å². The highest BCUT2D eigenvalue weighted by Crippen LogP contribution is 2.30. The number of phenolic OH excluding ortho intramolecular Hbond substituents is 1. The number of para-hydroxylation sites is 2. The van der Waals surface area contributed by atoms with Crippen molar-refractivity contribution in [2.45, 2.75) is 13.5 Å². The molecule has 0 aliphatic heterocycles. The number of hydrogen-bond acceptors (Lipinski definition) is 3. The number of carbonyl (C=O) groups is 2. The SMILES string of the molecule is Cc1c(Br)c2ccccc2n1CC(=O)NNC(=O)c1ccccc1O. The van der Waals surface area contributed by atoms with E-state index in [-0.39, 0.29) is 23.8 Å². The van der Waals surface area contributed by atoms with Crippen molar-refractivity contribution in [1.82, 2.24) is 15.4 Å². The van der Waals surface area contributed by atoms with Crippen molar-refractivity contribution in [2.75, 3.05) is 0 Å². The fourth-order valence-electron chi connectivity index (χ4n) is 2.64. The van der Waals surface area contributed by atoms with Gasteiger partial charge in [0.1, 0.15) is 12.3 Å². The van der Waals surface area contributed by atoms with Crippen LogP contribution < -0.4 is 10.9 Å². The highest BCUT2D eigenvalue weighted by Gasteiger charge is 2.15. The zero-order valence-electron chi connectivity index (χ0n) is 13.4. The van der Waals surface area contributed by atoms with Crippen molar-refractivity contribution in [1.29, 1.82) is 0 Å². The number of nitrogens with zero attached hydrogens (tertiary/aromatic N) is 1. The molecular formula is C18H16BrN3O3. The Hall–Kier alpha value is -2.80. The standard InChI is InChI=1S/C18H16BrN3O3/c1-11-17(19)12-6-2-4-8-14(12)22(11)10-16(24)20-21-18(25)13-7-3-5-9-15(13)23/h2-9,23H,10H2,1H3,(H,20,24)(H,21,25).